The lowest BCUT2D eigenvalue weighted by molar-refractivity contribution is 0.0916. The molecule has 1 aromatic rings. The number of hydrogen-bond donors (Lipinski definition) is 1. The lowest BCUT2D eigenvalue weighted by Crippen LogP contribution is -2.34. The van der Waals surface area contributed by atoms with Gasteiger partial charge in [-0.05, 0) is 51.2 Å². The molecule has 1 N–H and O–H groups in total. The third-order valence-corrected chi connectivity index (χ3v) is 4.32. The van der Waals surface area contributed by atoms with Gasteiger partial charge < -0.3 is 14.6 Å². The quantitative estimate of drug-likeness (QED) is 0.801. The summed E-state index contributed by atoms with van der Waals surface area (Å²) in [4.78, 5) is 16.7. The monoisotopic (exact) mass is 307 g/mol. The van der Waals surface area contributed by atoms with E-state index in [4.69, 9.17) is 4.42 Å². The number of hydrogen-bond acceptors (Lipinski definition) is 4. The van der Waals surface area contributed by atoms with Crippen LogP contribution in [0.25, 0.3) is 0 Å². The molecule has 1 aliphatic rings. The highest BCUT2D eigenvalue weighted by Crippen LogP contribution is 2.15. The molecule has 2 rings (SSSR count). The number of carbonyl (C=O) groups is 1. The van der Waals surface area contributed by atoms with E-state index in [-0.39, 0.29) is 5.91 Å². The van der Waals surface area contributed by atoms with Crippen molar-refractivity contribution in [2.24, 2.45) is 0 Å². The van der Waals surface area contributed by atoms with Crippen LogP contribution in [0.1, 0.15) is 49.4 Å². The van der Waals surface area contributed by atoms with Crippen molar-refractivity contribution >= 4 is 5.91 Å². The maximum absolute atomic E-state index is 12.1. The molecular formula is C17H29N3O2. The number of likely N-dealkylation sites (tertiary alicyclic amines) is 1. The first kappa shape index (κ1) is 17.0. The van der Waals surface area contributed by atoms with Gasteiger partial charge in [-0.3, -0.25) is 9.69 Å². The van der Waals surface area contributed by atoms with Gasteiger partial charge >= 0.3 is 0 Å². The number of amides is 1. The molecule has 5 nitrogen and oxygen atoms in total. The smallest absolute Gasteiger partial charge is 0.287 e. The fourth-order valence-electron chi connectivity index (χ4n) is 2.88. The third-order valence-electron chi connectivity index (χ3n) is 4.32. The molecule has 5 heteroatoms. The number of piperidine rings is 1. The molecule has 1 fully saturated rings. The molecule has 124 valence electrons. The van der Waals surface area contributed by atoms with Crippen LogP contribution in [0.15, 0.2) is 16.5 Å². The Morgan fingerprint density at radius 1 is 1.23 bits per heavy atom. The lowest BCUT2D eigenvalue weighted by atomic mass is 10.1. The molecule has 0 bridgehead atoms. The average molecular weight is 307 g/mol. The van der Waals surface area contributed by atoms with E-state index in [0.29, 0.717) is 12.3 Å². The molecule has 1 aliphatic heterocycles. The van der Waals surface area contributed by atoms with Gasteiger partial charge in [-0.1, -0.05) is 20.3 Å². The van der Waals surface area contributed by atoms with Gasteiger partial charge in [0.2, 0.25) is 0 Å². The van der Waals surface area contributed by atoms with Crippen LogP contribution in [-0.2, 0) is 6.54 Å². The zero-order valence-electron chi connectivity index (χ0n) is 13.9. The molecule has 2 heterocycles. The maximum Gasteiger partial charge on any atom is 0.287 e. The Kier molecular flexibility index (Phi) is 6.93. The van der Waals surface area contributed by atoms with Crippen LogP contribution >= 0.6 is 0 Å². The van der Waals surface area contributed by atoms with Crippen molar-refractivity contribution in [3.63, 3.8) is 0 Å². The van der Waals surface area contributed by atoms with Crippen molar-refractivity contribution in [2.45, 2.75) is 39.7 Å². The predicted octanol–water partition coefficient (Wildman–Crippen LogP) is 2.34. The minimum atomic E-state index is -0.114. The Bertz CT molecular complexity index is 449. The van der Waals surface area contributed by atoms with E-state index >= 15 is 0 Å². The highest BCUT2D eigenvalue weighted by molar-refractivity contribution is 5.91. The number of furan rings is 1. The number of rotatable bonds is 8. The third kappa shape index (κ3) is 5.14. The Balaban J connectivity index is 1.76. The van der Waals surface area contributed by atoms with Gasteiger partial charge in [0.05, 0.1) is 6.54 Å². The Morgan fingerprint density at radius 2 is 1.95 bits per heavy atom. The highest BCUT2D eigenvalue weighted by Gasteiger charge is 2.15. The molecule has 1 aromatic heterocycles. The van der Waals surface area contributed by atoms with Crippen LogP contribution in [0.3, 0.4) is 0 Å². The molecule has 0 aliphatic carbocycles. The minimum absolute atomic E-state index is 0.114. The van der Waals surface area contributed by atoms with E-state index in [1.54, 1.807) is 6.07 Å². The Morgan fingerprint density at radius 3 is 2.64 bits per heavy atom. The van der Waals surface area contributed by atoms with Crippen LogP contribution in [0, 0.1) is 0 Å². The molecule has 0 spiro atoms. The van der Waals surface area contributed by atoms with Crippen LogP contribution in [-0.4, -0.2) is 55.0 Å². The lowest BCUT2D eigenvalue weighted by Gasteiger charge is -2.25. The number of likely N-dealkylation sites (N-methyl/N-ethyl adjacent to an activating group) is 1. The molecule has 0 saturated carbocycles. The average Bonchev–Trinajstić information content (AvgIpc) is 3.01. The first-order valence-electron chi connectivity index (χ1n) is 8.54. The second kappa shape index (κ2) is 8.96. The van der Waals surface area contributed by atoms with E-state index < -0.39 is 0 Å². The van der Waals surface area contributed by atoms with E-state index in [0.717, 1.165) is 45.0 Å². The summed E-state index contributed by atoms with van der Waals surface area (Å²) < 4.78 is 5.69. The summed E-state index contributed by atoms with van der Waals surface area (Å²) in [7, 11) is 0. The van der Waals surface area contributed by atoms with Gasteiger partial charge in [0.15, 0.2) is 5.76 Å². The van der Waals surface area contributed by atoms with Crippen LogP contribution < -0.4 is 5.32 Å². The number of nitrogens with one attached hydrogen (secondary N) is 1. The number of carbonyl (C=O) groups excluding carboxylic acids is 1. The van der Waals surface area contributed by atoms with Crippen molar-refractivity contribution in [3.8, 4) is 0 Å². The molecule has 0 radical (unpaired) electrons. The van der Waals surface area contributed by atoms with Crippen LogP contribution in [0.4, 0.5) is 0 Å². The second-order valence-corrected chi connectivity index (χ2v) is 5.89. The van der Waals surface area contributed by atoms with Crippen molar-refractivity contribution in [1.82, 2.24) is 15.1 Å². The van der Waals surface area contributed by atoms with E-state index in [2.05, 4.69) is 29.0 Å². The van der Waals surface area contributed by atoms with Gasteiger partial charge in [-0.15, -0.1) is 0 Å². The molecule has 0 aromatic carbocycles. The summed E-state index contributed by atoms with van der Waals surface area (Å²) in [5.41, 5.74) is 0. The fourth-order valence-corrected chi connectivity index (χ4v) is 2.88. The summed E-state index contributed by atoms with van der Waals surface area (Å²) in [5, 5.41) is 2.93. The van der Waals surface area contributed by atoms with E-state index in [1.807, 2.05) is 6.07 Å². The number of nitrogens with zero attached hydrogens (tertiary/aromatic N) is 2. The molecule has 22 heavy (non-hydrogen) atoms. The summed E-state index contributed by atoms with van der Waals surface area (Å²) in [6.45, 7) is 10.9. The Hall–Kier alpha value is -1.33. The maximum atomic E-state index is 12.1. The van der Waals surface area contributed by atoms with Gasteiger partial charge in [0, 0.05) is 13.1 Å². The molecule has 0 unspecified atom stereocenters. The summed E-state index contributed by atoms with van der Waals surface area (Å²) in [6, 6.07) is 3.71. The normalized spacial score (nSPS) is 16.1. The highest BCUT2D eigenvalue weighted by atomic mass is 16.4. The molecular weight excluding hydrogens is 278 g/mol. The molecule has 1 saturated heterocycles. The van der Waals surface area contributed by atoms with Crippen molar-refractivity contribution in [3.05, 3.63) is 23.7 Å². The van der Waals surface area contributed by atoms with Crippen molar-refractivity contribution in [1.29, 1.82) is 0 Å². The first-order valence-corrected chi connectivity index (χ1v) is 8.54. The predicted molar refractivity (Wildman–Crippen MR) is 88.0 cm³/mol. The van der Waals surface area contributed by atoms with Crippen molar-refractivity contribution < 1.29 is 9.21 Å². The topological polar surface area (TPSA) is 48.7 Å². The minimum Gasteiger partial charge on any atom is -0.455 e. The first-order chi connectivity index (χ1) is 10.7. The van der Waals surface area contributed by atoms with E-state index in [9.17, 15) is 4.79 Å². The van der Waals surface area contributed by atoms with Crippen LogP contribution in [0.2, 0.25) is 0 Å². The zero-order chi connectivity index (χ0) is 15.8. The molecule has 1 amide bonds. The van der Waals surface area contributed by atoms with Gasteiger partial charge in [-0.25, -0.2) is 0 Å². The molecule has 0 atom stereocenters. The van der Waals surface area contributed by atoms with Crippen molar-refractivity contribution in [2.75, 3.05) is 39.3 Å². The summed E-state index contributed by atoms with van der Waals surface area (Å²) in [5.74, 6) is 1.19. The van der Waals surface area contributed by atoms with Gasteiger partial charge in [0.25, 0.3) is 5.91 Å². The standard InChI is InChI=1S/C17H29N3O2/c1-3-19(4-2)13-10-18-17(21)16-9-8-15(22-16)14-20-11-6-5-7-12-20/h8-9H,3-7,10-14H2,1-2H3,(H,18,21). The Labute approximate surface area is 133 Å². The van der Waals surface area contributed by atoms with Gasteiger partial charge in [-0.2, -0.15) is 0 Å². The fraction of sp³-hybridized carbons (Fsp3) is 0.706. The SMILES string of the molecule is CCN(CC)CCNC(=O)c1ccc(CN2CCCCC2)o1. The zero-order valence-corrected chi connectivity index (χ0v) is 13.9. The largest absolute Gasteiger partial charge is 0.455 e. The summed E-state index contributed by atoms with van der Waals surface area (Å²) >= 11 is 0. The van der Waals surface area contributed by atoms with Crippen LogP contribution in [0.5, 0.6) is 0 Å². The summed E-state index contributed by atoms with van der Waals surface area (Å²) in [6.07, 6.45) is 3.85. The van der Waals surface area contributed by atoms with E-state index in [1.165, 1.54) is 19.3 Å². The second-order valence-electron chi connectivity index (χ2n) is 5.89. The van der Waals surface area contributed by atoms with Gasteiger partial charge in [0.1, 0.15) is 5.76 Å².